The van der Waals surface area contributed by atoms with E-state index in [0.717, 1.165) is 22.2 Å². The fourth-order valence-electron chi connectivity index (χ4n) is 2.90. The lowest BCUT2D eigenvalue weighted by molar-refractivity contribution is 0.0471. The molecule has 2 heterocycles. The third kappa shape index (κ3) is 3.26. The summed E-state index contributed by atoms with van der Waals surface area (Å²) in [5.74, 6) is 0.637. The molecule has 0 saturated carbocycles. The zero-order chi connectivity index (χ0) is 17.2. The van der Waals surface area contributed by atoms with Gasteiger partial charge in [-0.25, -0.2) is 4.79 Å². The quantitative estimate of drug-likeness (QED) is 0.683. The van der Waals surface area contributed by atoms with Gasteiger partial charge in [0.25, 0.3) is 0 Å². The molecule has 0 saturated heterocycles. The van der Waals surface area contributed by atoms with Gasteiger partial charge >= 0.3 is 5.63 Å². The topological polar surface area (TPSA) is 61.0 Å². The number of oxime groups is 1. The molecule has 126 valence electrons. The molecule has 0 amide bonds. The highest BCUT2D eigenvalue weighted by molar-refractivity contribution is 6.01. The number of rotatable bonds is 4. The highest BCUT2D eigenvalue weighted by atomic mass is 16.7. The van der Waals surface area contributed by atoms with Crippen molar-refractivity contribution in [3.63, 3.8) is 0 Å². The fraction of sp³-hybridized carbons (Fsp3) is 0.200. The molecular weight excluding hydrogens is 318 g/mol. The molecule has 0 aliphatic carbocycles. The highest BCUT2D eigenvalue weighted by Crippen LogP contribution is 2.23. The lowest BCUT2D eigenvalue weighted by Gasteiger charge is -2.11. The van der Waals surface area contributed by atoms with E-state index in [0.29, 0.717) is 24.4 Å². The maximum absolute atomic E-state index is 11.5. The summed E-state index contributed by atoms with van der Waals surface area (Å²) in [6.45, 7) is 2.26. The Bertz CT molecular complexity index is 991. The van der Waals surface area contributed by atoms with Crippen molar-refractivity contribution in [2.45, 2.75) is 19.4 Å². The third-order valence-electron chi connectivity index (χ3n) is 4.20. The Hall–Kier alpha value is -3.08. The van der Waals surface area contributed by atoms with Crippen molar-refractivity contribution in [2.24, 2.45) is 5.16 Å². The normalized spacial score (nSPS) is 16.5. The molecule has 2 aromatic carbocycles. The van der Waals surface area contributed by atoms with Crippen molar-refractivity contribution in [2.75, 3.05) is 6.61 Å². The molecule has 0 radical (unpaired) electrons. The summed E-state index contributed by atoms with van der Waals surface area (Å²) >= 11 is 0. The second-order valence-electron chi connectivity index (χ2n) is 6.05. The lowest BCUT2D eigenvalue weighted by atomic mass is 10.1. The zero-order valence-corrected chi connectivity index (χ0v) is 13.8. The molecule has 0 unspecified atom stereocenters. The summed E-state index contributed by atoms with van der Waals surface area (Å²) in [4.78, 5) is 17.0. The van der Waals surface area contributed by atoms with Crippen molar-refractivity contribution in [3.05, 3.63) is 76.1 Å². The summed E-state index contributed by atoms with van der Waals surface area (Å²) < 4.78 is 11.0. The van der Waals surface area contributed by atoms with E-state index in [2.05, 4.69) is 5.16 Å². The summed E-state index contributed by atoms with van der Waals surface area (Å²) in [6, 6.07) is 16.9. The van der Waals surface area contributed by atoms with Crippen molar-refractivity contribution in [1.29, 1.82) is 0 Å². The fourth-order valence-corrected chi connectivity index (χ4v) is 2.90. The van der Waals surface area contributed by atoms with Gasteiger partial charge in [-0.1, -0.05) is 35.5 Å². The maximum Gasteiger partial charge on any atom is 0.336 e. The Morgan fingerprint density at radius 3 is 2.84 bits per heavy atom. The Labute approximate surface area is 144 Å². The number of aryl methyl sites for hydroxylation is 1. The Morgan fingerprint density at radius 1 is 1.16 bits per heavy atom. The zero-order valence-electron chi connectivity index (χ0n) is 13.8. The first-order valence-corrected chi connectivity index (χ1v) is 8.14. The molecule has 4 rings (SSSR count). The van der Waals surface area contributed by atoms with Crippen LogP contribution in [0.4, 0.5) is 0 Å². The molecule has 1 atom stereocenters. The number of hydrogen-bond donors (Lipinski definition) is 0. The van der Waals surface area contributed by atoms with E-state index in [9.17, 15) is 4.79 Å². The molecule has 1 aromatic heterocycles. The molecule has 0 N–H and O–H groups in total. The first-order valence-electron chi connectivity index (χ1n) is 8.14. The van der Waals surface area contributed by atoms with E-state index in [4.69, 9.17) is 14.0 Å². The second-order valence-corrected chi connectivity index (χ2v) is 6.05. The van der Waals surface area contributed by atoms with E-state index < -0.39 is 0 Å². The predicted molar refractivity (Wildman–Crippen MR) is 95.2 cm³/mol. The van der Waals surface area contributed by atoms with Crippen LogP contribution in [-0.2, 0) is 4.84 Å². The van der Waals surface area contributed by atoms with Crippen LogP contribution in [0.5, 0.6) is 5.75 Å². The molecule has 0 bridgehead atoms. The molecule has 1 aliphatic heterocycles. The molecule has 1 aliphatic rings. The monoisotopic (exact) mass is 335 g/mol. The maximum atomic E-state index is 11.5. The van der Waals surface area contributed by atoms with Crippen LogP contribution >= 0.6 is 0 Å². The highest BCUT2D eigenvalue weighted by Gasteiger charge is 2.22. The van der Waals surface area contributed by atoms with Gasteiger partial charge in [0.1, 0.15) is 17.9 Å². The molecule has 0 spiro atoms. The molecule has 25 heavy (non-hydrogen) atoms. The smallest absolute Gasteiger partial charge is 0.336 e. The summed E-state index contributed by atoms with van der Waals surface area (Å²) in [5.41, 5.74) is 3.04. The minimum absolute atomic E-state index is 0.129. The van der Waals surface area contributed by atoms with Gasteiger partial charge < -0.3 is 14.0 Å². The SMILES string of the molecule is Cc1cc(=O)oc2cc(OC[C@H]3CC(c4ccccc4)=NO3)ccc12. The van der Waals surface area contributed by atoms with Gasteiger partial charge in [-0.05, 0) is 30.2 Å². The van der Waals surface area contributed by atoms with Gasteiger partial charge in [0.15, 0.2) is 6.10 Å². The third-order valence-corrected chi connectivity index (χ3v) is 4.20. The van der Waals surface area contributed by atoms with Crippen molar-refractivity contribution >= 4 is 16.7 Å². The molecule has 0 fully saturated rings. The van der Waals surface area contributed by atoms with Crippen LogP contribution in [0.1, 0.15) is 17.5 Å². The molecule has 5 heteroatoms. The van der Waals surface area contributed by atoms with E-state index in [1.807, 2.05) is 49.4 Å². The number of nitrogens with zero attached hydrogens (tertiary/aromatic N) is 1. The van der Waals surface area contributed by atoms with Gasteiger partial charge in [-0.2, -0.15) is 0 Å². The Balaban J connectivity index is 1.43. The minimum Gasteiger partial charge on any atom is -0.489 e. The molecule has 5 nitrogen and oxygen atoms in total. The number of benzene rings is 2. The Kier molecular flexibility index (Phi) is 3.98. The van der Waals surface area contributed by atoms with Gasteiger partial charge in [0.05, 0.1) is 5.71 Å². The largest absolute Gasteiger partial charge is 0.489 e. The van der Waals surface area contributed by atoms with Crippen LogP contribution in [-0.4, -0.2) is 18.4 Å². The summed E-state index contributed by atoms with van der Waals surface area (Å²) in [6.07, 6.45) is 0.571. The van der Waals surface area contributed by atoms with E-state index in [-0.39, 0.29) is 11.7 Å². The summed E-state index contributed by atoms with van der Waals surface area (Å²) in [7, 11) is 0. The Morgan fingerprint density at radius 2 is 2.00 bits per heavy atom. The van der Waals surface area contributed by atoms with E-state index >= 15 is 0 Å². The molecule has 3 aromatic rings. The molecular formula is C20H17NO4. The first kappa shape index (κ1) is 15.4. The van der Waals surface area contributed by atoms with Gasteiger partial charge in [-0.3, -0.25) is 0 Å². The van der Waals surface area contributed by atoms with Crippen molar-refractivity contribution < 1.29 is 14.0 Å². The predicted octanol–water partition coefficient (Wildman–Crippen LogP) is 3.67. The van der Waals surface area contributed by atoms with Gasteiger partial charge in [-0.15, -0.1) is 0 Å². The number of ether oxygens (including phenoxy) is 1. The van der Waals surface area contributed by atoms with Gasteiger partial charge in [0.2, 0.25) is 0 Å². The van der Waals surface area contributed by atoms with Crippen LogP contribution < -0.4 is 10.4 Å². The number of fused-ring (bicyclic) bond motifs is 1. The van der Waals surface area contributed by atoms with E-state index in [1.54, 1.807) is 6.07 Å². The minimum atomic E-state index is -0.359. The average molecular weight is 335 g/mol. The first-order chi connectivity index (χ1) is 12.2. The average Bonchev–Trinajstić information content (AvgIpc) is 3.09. The number of hydrogen-bond acceptors (Lipinski definition) is 5. The van der Waals surface area contributed by atoms with Crippen LogP contribution in [0.3, 0.4) is 0 Å². The van der Waals surface area contributed by atoms with Crippen LogP contribution in [0.15, 0.2) is 69.0 Å². The van der Waals surface area contributed by atoms with Gasteiger partial charge in [0, 0.05) is 23.9 Å². The van der Waals surface area contributed by atoms with Crippen LogP contribution in [0, 0.1) is 6.92 Å². The standard InChI is InChI=1S/C20H17NO4/c1-13-9-20(22)24-19-11-15(7-8-17(13)19)23-12-16-10-18(21-25-16)14-5-3-2-4-6-14/h2-9,11,16H,10,12H2,1H3/t16-/m1/s1. The van der Waals surface area contributed by atoms with Crippen molar-refractivity contribution in [3.8, 4) is 5.75 Å². The van der Waals surface area contributed by atoms with E-state index in [1.165, 1.54) is 6.07 Å². The van der Waals surface area contributed by atoms with Crippen LogP contribution in [0.25, 0.3) is 11.0 Å². The second kappa shape index (κ2) is 6.43. The summed E-state index contributed by atoms with van der Waals surface area (Å²) in [5, 5.41) is 5.05. The van der Waals surface area contributed by atoms with Crippen molar-refractivity contribution in [1.82, 2.24) is 0 Å². The van der Waals surface area contributed by atoms with Crippen LogP contribution in [0.2, 0.25) is 0 Å². The lowest BCUT2D eigenvalue weighted by Crippen LogP contribution is -2.18.